The van der Waals surface area contributed by atoms with Crippen molar-refractivity contribution in [2.45, 2.75) is 44.2 Å². The summed E-state index contributed by atoms with van der Waals surface area (Å²) >= 11 is 0. The van der Waals surface area contributed by atoms with Crippen molar-refractivity contribution in [3.05, 3.63) is 35.7 Å². The van der Waals surface area contributed by atoms with Gasteiger partial charge in [0.2, 0.25) is 0 Å². The van der Waals surface area contributed by atoms with Crippen molar-refractivity contribution in [3.8, 4) is 17.1 Å². The first-order valence-electron chi connectivity index (χ1n) is 10.3. The van der Waals surface area contributed by atoms with E-state index in [-0.39, 0.29) is 29.6 Å². The van der Waals surface area contributed by atoms with Gasteiger partial charge in [-0.3, -0.25) is 0 Å². The van der Waals surface area contributed by atoms with Crippen molar-refractivity contribution in [3.63, 3.8) is 0 Å². The van der Waals surface area contributed by atoms with Crippen molar-refractivity contribution in [2.75, 3.05) is 26.0 Å². The standard InChI is InChI=1S/C21H26F2N6O2/c1-4-12(9-24-2)26-21-15(23)7-14(22)20(27-21)16-10-25-18-8-17(31-3)19(28-29(16)18)11-5-13(30)6-11/h7-8,10-13,24,30H,4-6,9H2,1-3H3,(H,26,27). The summed E-state index contributed by atoms with van der Waals surface area (Å²) in [5.41, 5.74) is 1.38. The summed E-state index contributed by atoms with van der Waals surface area (Å²) in [6, 6.07) is 2.48. The van der Waals surface area contributed by atoms with Crippen molar-refractivity contribution >= 4 is 11.5 Å². The Morgan fingerprint density at radius 1 is 1.29 bits per heavy atom. The highest BCUT2D eigenvalue weighted by Gasteiger charge is 2.33. The summed E-state index contributed by atoms with van der Waals surface area (Å²) < 4.78 is 36.1. The Morgan fingerprint density at radius 2 is 2.06 bits per heavy atom. The highest BCUT2D eigenvalue weighted by atomic mass is 19.1. The van der Waals surface area contributed by atoms with Crippen LogP contribution in [0.4, 0.5) is 14.6 Å². The molecule has 1 unspecified atom stereocenters. The number of nitrogens with one attached hydrogen (secondary N) is 2. The lowest BCUT2D eigenvalue weighted by Gasteiger charge is -2.31. The Balaban J connectivity index is 1.77. The number of likely N-dealkylation sites (N-methyl/N-ethyl adjacent to an activating group) is 1. The van der Waals surface area contributed by atoms with Gasteiger partial charge >= 0.3 is 0 Å². The molecule has 0 aliphatic heterocycles. The van der Waals surface area contributed by atoms with E-state index in [1.165, 1.54) is 10.7 Å². The van der Waals surface area contributed by atoms with Gasteiger partial charge in [-0.15, -0.1) is 0 Å². The number of ether oxygens (including phenoxy) is 1. The van der Waals surface area contributed by atoms with Crippen LogP contribution in [0, 0.1) is 11.6 Å². The largest absolute Gasteiger partial charge is 0.495 e. The number of fused-ring (bicyclic) bond motifs is 1. The third-order valence-corrected chi connectivity index (χ3v) is 5.66. The zero-order valence-electron chi connectivity index (χ0n) is 17.7. The molecule has 0 radical (unpaired) electrons. The normalized spacial score (nSPS) is 19.3. The van der Waals surface area contributed by atoms with E-state index in [1.54, 1.807) is 20.2 Å². The number of anilines is 1. The van der Waals surface area contributed by atoms with Crippen molar-refractivity contribution in [2.24, 2.45) is 0 Å². The predicted octanol–water partition coefficient (Wildman–Crippen LogP) is 2.73. The first kappa shape index (κ1) is 21.4. The number of aliphatic hydroxyl groups is 1. The van der Waals surface area contributed by atoms with Crippen molar-refractivity contribution in [1.29, 1.82) is 0 Å². The molecular formula is C21H26F2N6O2. The molecule has 31 heavy (non-hydrogen) atoms. The van der Waals surface area contributed by atoms with Crippen molar-refractivity contribution in [1.82, 2.24) is 24.9 Å². The molecule has 3 N–H and O–H groups in total. The molecule has 1 atom stereocenters. The highest BCUT2D eigenvalue weighted by Crippen LogP contribution is 2.40. The Kier molecular flexibility index (Phi) is 6.01. The van der Waals surface area contributed by atoms with Crippen LogP contribution in [0.2, 0.25) is 0 Å². The van der Waals surface area contributed by atoms with Crippen LogP contribution in [-0.2, 0) is 0 Å². The van der Waals surface area contributed by atoms with Gasteiger partial charge in [0.05, 0.1) is 19.4 Å². The number of hydrogen-bond acceptors (Lipinski definition) is 7. The molecule has 0 bridgehead atoms. The van der Waals surface area contributed by atoms with Crippen LogP contribution in [0.1, 0.15) is 37.8 Å². The number of methoxy groups -OCH3 is 1. The first-order chi connectivity index (χ1) is 14.9. The zero-order valence-corrected chi connectivity index (χ0v) is 17.7. The van der Waals surface area contributed by atoms with Crippen LogP contribution in [0.25, 0.3) is 17.0 Å². The molecule has 3 aromatic heterocycles. The summed E-state index contributed by atoms with van der Waals surface area (Å²) in [5.74, 6) is -0.980. The Hall–Kier alpha value is -2.85. The molecule has 166 valence electrons. The maximum atomic E-state index is 14.8. The highest BCUT2D eigenvalue weighted by molar-refractivity contribution is 5.63. The lowest BCUT2D eigenvalue weighted by Crippen LogP contribution is -2.31. The second-order valence-corrected chi connectivity index (χ2v) is 7.79. The van der Waals surface area contributed by atoms with E-state index >= 15 is 0 Å². The van der Waals surface area contributed by atoms with Gasteiger partial charge in [0, 0.05) is 30.6 Å². The average molecular weight is 432 g/mol. The molecule has 0 spiro atoms. The fourth-order valence-corrected chi connectivity index (χ4v) is 3.82. The van der Waals surface area contributed by atoms with E-state index in [2.05, 4.69) is 25.7 Å². The molecule has 1 saturated carbocycles. The molecule has 0 amide bonds. The van der Waals surface area contributed by atoms with Gasteiger partial charge < -0.3 is 20.5 Å². The average Bonchev–Trinajstić information content (AvgIpc) is 3.14. The fraction of sp³-hybridized carbons (Fsp3) is 0.476. The monoisotopic (exact) mass is 432 g/mol. The van der Waals surface area contributed by atoms with Crippen LogP contribution < -0.4 is 15.4 Å². The molecule has 10 heteroatoms. The topological polar surface area (TPSA) is 96.6 Å². The van der Waals surface area contributed by atoms with Crippen LogP contribution in [-0.4, -0.2) is 57.5 Å². The van der Waals surface area contributed by atoms with E-state index in [0.717, 1.165) is 12.5 Å². The van der Waals surface area contributed by atoms with E-state index in [1.807, 2.05) is 6.92 Å². The molecule has 1 aliphatic carbocycles. The molecule has 1 aliphatic rings. The van der Waals surface area contributed by atoms with Gasteiger partial charge in [0.1, 0.15) is 22.8 Å². The second kappa shape index (κ2) is 8.72. The zero-order chi connectivity index (χ0) is 22.1. The Labute approximate surface area is 178 Å². The van der Waals surface area contributed by atoms with Crippen LogP contribution in [0.15, 0.2) is 18.3 Å². The second-order valence-electron chi connectivity index (χ2n) is 7.79. The van der Waals surface area contributed by atoms with E-state index in [9.17, 15) is 13.9 Å². The third kappa shape index (κ3) is 4.05. The molecule has 0 saturated heterocycles. The number of rotatable bonds is 8. The SMILES string of the molecule is CCC(CNC)Nc1nc(-c2cnc3cc(OC)c(C4CC(O)C4)nn23)c(F)cc1F. The van der Waals surface area contributed by atoms with Gasteiger partial charge in [-0.2, -0.15) is 5.10 Å². The molecule has 8 nitrogen and oxygen atoms in total. The number of nitrogens with zero attached hydrogens (tertiary/aromatic N) is 4. The molecule has 3 heterocycles. The Morgan fingerprint density at radius 3 is 2.71 bits per heavy atom. The summed E-state index contributed by atoms with van der Waals surface area (Å²) in [6.45, 7) is 2.58. The molecular weight excluding hydrogens is 406 g/mol. The summed E-state index contributed by atoms with van der Waals surface area (Å²) in [5, 5.41) is 20.4. The summed E-state index contributed by atoms with van der Waals surface area (Å²) in [7, 11) is 3.35. The molecule has 1 fully saturated rings. The third-order valence-electron chi connectivity index (χ3n) is 5.66. The first-order valence-corrected chi connectivity index (χ1v) is 10.3. The quantitative estimate of drug-likeness (QED) is 0.504. The number of imidazole rings is 1. The minimum Gasteiger partial charge on any atom is -0.495 e. The van der Waals surface area contributed by atoms with Gasteiger partial charge in [-0.25, -0.2) is 23.3 Å². The van der Waals surface area contributed by atoms with E-state index < -0.39 is 11.6 Å². The molecule has 3 aromatic rings. The predicted molar refractivity (Wildman–Crippen MR) is 112 cm³/mol. The molecule has 4 rings (SSSR count). The maximum absolute atomic E-state index is 14.8. The van der Waals surface area contributed by atoms with E-state index in [0.29, 0.717) is 42.2 Å². The Bertz CT molecular complexity index is 1080. The van der Waals surface area contributed by atoms with Gasteiger partial charge in [0.25, 0.3) is 0 Å². The van der Waals surface area contributed by atoms with E-state index in [4.69, 9.17) is 4.74 Å². The van der Waals surface area contributed by atoms with Crippen molar-refractivity contribution < 1.29 is 18.6 Å². The number of aromatic nitrogens is 4. The number of pyridine rings is 1. The lowest BCUT2D eigenvalue weighted by atomic mass is 9.80. The number of hydrogen-bond donors (Lipinski definition) is 3. The minimum absolute atomic E-state index is 0.0238. The lowest BCUT2D eigenvalue weighted by molar-refractivity contribution is 0.0718. The van der Waals surface area contributed by atoms with Gasteiger partial charge in [-0.05, 0) is 26.3 Å². The minimum atomic E-state index is -0.801. The van der Waals surface area contributed by atoms with Crippen LogP contribution in [0.3, 0.4) is 0 Å². The van der Waals surface area contributed by atoms with Crippen LogP contribution in [0.5, 0.6) is 5.75 Å². The number of aliphatic hydroxyl groups excluding tert-OH is 1. The molecule has 0 aromatic carbocycles. The summed E-state index contributed by atoms with van der Waals surface area (Å²) in [4.78, 5) is 8.54. The number of halogens is 2. The smallest absolute Gasteiger partial charge is 0.168 e. The van der Waals surface area contributed by atoms with Gasteiger partial charge in [0.15, 0.2) is 23.1 Å². The summed E-state index contributed by atoms with van der Waals surface area (Å²) in [6.07, 6.45) is 3.00. The fourth-order valence-electron chi connectivity index (χ4n) is 3.82. The maximum Gasteiger partial charge on any atom is 0.168 e. The van der Waals surface area contributed by atoms with Crippen LogP contribution >= 0.6 is 0 Å². The van der Waals surface area contributed by atoms with Gasteiger partial charge in [-0.1, -0.05) is 6.92 Å².